The number of hydrogen-bond acceptors (Lipinski definition) is 0. The Bertz CT molecular complexity index is 75.8. The molecule has 0 spiro atoms. The minimum absolute atomic E-state index is 0. The SMILES string of the molecule is Cl.Cl.Cl.Cl.Cl.Cl.Cl.Cl.Cl.Cl.Cl.Cl.Cl.Cl.Cl.Cl.Cl.Cl.Cl.Cl.Cl.Cl.Cl.Cl.Cl.[Mg+2].[Mg+2].[Mg+2].[Mg+2].[Mg+2].[Mg+2].[Mg+2].[Mg+2].[Mg+2].[Mg+2].[Mg+2].[Mg+2].[Mg+2].[Mg+2].[Mg+2].[Mg+2].[Mg+2].[Mg+2].[Mg+2].[Mg+2].[Mg+2].[Mg+2].[Mg+2].[Mg+2].[Mg+2].[Mg+2].[Mg+2].[Mg+2].[Mg+2].[Mg+2].[Mg+2].[Mg+2].[Mg+2].[Mg+2].[Mg+2].[Mg+2].[Mg+2].[Mg+2].[Mg+2].[Mg+2].[Mg+2].[Mg+2].[Mg+2].[Mg+2].[Mg+2].[Mg+2].[Mg+2].[Mg+2].[Mg+2].[Mg+2].[Mg+2].[Mg+2].[Mg+2].[Mg+2].[Mg+2].[Mg+2].[Mg+2].[Mg+2].[Mg+2].[Mg+2].[Mg+2].[Mg+2].[Mg+2]. The standard InChI is InChI=1S/25ClH.63Mg/h25*1H;;;;;;;;;;;;;;;;;;;;;;;;;;;;;;;;;;;;;;;;;;;;;;;;;;;;;;;;;;;;;;;/q;;;;;;;;;;;;;;;;;;;;;;;;;63*+2. The van der Waals surface area contributed by atoms with Gasteiger partial charge in [0, 0.05) is 0 Å². The average molecular weight is 2440 g/mol. The van der Waals surface area contributed by atoms with Crippen LogP contribution in [0.15, 0.2) is 0 Å². The van der Waals surface area contributed by atoms with Crippen LogP contribution in [0.5, 0.6) is 0 Å². The zero-order valence-electron chi connectivity index (χ0n) is 54.8. The summed E-state index contributed by atoms with van der Waals surface area (Å²) in [5.41, 5.74) is 0. The van der Waals surface area contributed by atoms with Gasteiger partial charge < -0.3 is 0 Å². The fourth-order valence-corrected chi connectivity index (χ4v) is 0. The predicted octanol–water partition coefficient (Wildman–Crippen LogP) is -13.4. The Labute approximate surface area is 1710 Å². The second kappa shape index (κ2) is 926. The molecule has 0 amide bonds. The normalized spacial score (nSPS) is 0. The summed E-state index contributed by atoms with van der Waals surface area (Å²) in [6.07, 6.45) is 0. The van der Waals surface area contributed by atoms with Crippen molar-refractivity contribution in [2.24, 2.45) is 0 Å². The molecule has 0 aromatic heterocycles. The maximum atomic E-state index is 0. The summed E-state index contributed by atoms with van der Waals surface area (Å²) in [4.78, 5) is 0. The zero-order chi connectivity index (χ0) is 0. The van der Waals surface area contributed by atoms with Gasteiger partial charge in [-0.2, -0.15) is 0 Å². The molecular formula is H25Cl25Mg63+126. The quantitative estimate of drug-likeness (QED) is 0.212. The molecule has 0 aromatic carbocycles. The van der Waals surface area contributed by atoms with Crippen molar-refractivity contribution in [1.29, 1.82) is 0 Å². The van der Waals surface area contributed by atoms with E-state index in [1.165, 1.54) is 0 Å². The first kappa shape index (κ1) is 946. The van der Waals surface area contributed by atoms with E-state index in [1.54, 1.807) is 0 Å². The average Bonchev–Trinajstić information content (AvgIpc) is 0. The smallest absolute Gasteiger partial charge is 0.147 e. The van der Waals surface area contributed by atoms with Crippen LogP contribution in [0.2, 0.25) is 0 Å². The molecule has 0 saturated carbocycles. The molecule has 0 N–H and O–H groups in total. The summed E-state index contributed by atoms with van der Waals surface area (Å²) >= 11 is 0. The first-order valence-corrected chi connectivity index (χ1v) is 0. The largest absolute Gasteiger partial charge is 2.00 e. The summed E-state index contributed by atoms with van der Waals surface area (Å²) in [6.45, 7) is 0. The maximum Gasteiger partial charge on any atom is 2.00 e. The van der Waals surface area contributed by atoms with E-state index < -0.39 is 0 Å². The van der Waals surface area contributed by atoms with E-state index >= 15 is 0 Å². The van der Waals surface area contributed by atoms with Crippen molar-refractivity contribution in [2.75, 3.05) is 0 Å². The Hall–Kier alpha value is 55.5. The third-order valence-electron chi connectivity index (χ3n) is 0. The minimum Gasteiger partial charge on any atom is -0.147 e. The summed E-state index contributed by atoms with van der Waals surface area (Å²) in [5, 5.41) is 0. The van der Waals surface area contributed by atoms with Crippen molar-refractivity contribution in [1.82, 2.24) is 0 Å². The van der Waals surface area contributed by atoms with Crippen molar-refractivity contribution < 1.29 is 0 Å². The molecule has 0 aliphatic carbocycles. The van der Waals surface area contributed by atoms with E-state index in [4.69, 9.17) is 0 Å². The molecule has 0 aliphatic heterocycles. The molecule has 0 nitrogen and oxygen atoms in total. The molecule has 0 bridgehead atoms. The molecule has 0 radical (unpaired) electrons. The van der Waals surface area contributed by atoms with Gasteiger partial charge in [-0.25, -0.2) is 0 Å². The molecule has 0 unspecified atom stereocenters. The molecule has 200 valence electrons. The number of halogens is 25. The fraction of sp³-hybridized carbons (Fsp3) is 0. The van der Waals surface area contributed by atoms with Crippen LogP contribution in [0.3, 0.4) is 0 Å². The molecule has 0 fully saturated rings. The Balaban J connectivity index is 0. The molecular weight excluding hydrogens is 2420 g/mol. The molecule has 0 aromatic rings. The maximum absolute atomic E-state index is 0. The van der Waals surface area contributed by atoms with Crippen LogP contribution in [0, 0.1) is 0 Å². The van der Waals surface area contributed by atoms with Crippen molar-refractivity contribution in [3.05, 3.63) is 0 Å². The van der Waals surface area contributed by atoms with Crippen LogP contribution in [-0.4, -0.2) is 1450 Å². The second-order valence-electron chi connectivity index (χ2n) is 0. The Morgan fingerprint density at radius 1 is 0.0227 bits per heavy atom. The van der Waals surface area contributed by atoms with Crippen molar-refractivity contribution in [2.45, 2.75) is 0 Å². The van der Waals surface area contributed by atoms with Gasteiger partial charge in [-0.15, -0.1) is 310 Å². The molecule has 0 heterocycles. The summed E-state index contributed by atoms with van der Waals surface area (Å²) in [7, 11) is 0. The molecule has 0 atom stereocenters. The summed E-state index contributed by atoms with van der Waals surface area (Å²) in [5.74, 6) is 0. The molecule has 0 rings (SSSR count). The van der Waals surface area contributed by atoms with E-state index in [2.05, 4.69) is 0 Å². The molecule has 88 heavy (non-hydrogen) atoms. The van der Waals surface area contributed by atoms with Crippen LogP contribution in [0.1, 0.15) is 0 Å². The Morgan fingerprint density at radius 3 is 0.0227 bits per heavy atom. The van der Waals surface area contributed by atoms with Crippen molar-refractivity contribution in [3.63, 3.8) is 0 Å². The van der Waals surface area contributed by atoms with Crippen molar-refractivity contribution >= 4 is 1760 Å². The molecule has 0 aliphatic rings. The first-order chi connectivity index (χ1) is 0. The van der Waals surface area contributed by atoms with Gasteiger partial charge in [0.1, 0.15) is 0 Å². The van der Waals surface area contributed by atoms with E-state index in [1.807, 2.05) is 0 Å². The van der Waals surface area contributed by atoms with Gasteiger partial charge >= 0.3 is 1450 Å². The van der Waals surface area contributed by atoms with Crippen LogP contribution in [0.4, 0.5) is 0 Å². The van der Waals surface area contributed by atoms with Gasteiger partial charge in [-0.3, -0.25) is 0 Å². The third-order valence-corrected chi connectivity index (χ3v) is 0. The van der Waals surface area contributed by atoms with Crippen LogP contribution in [-0.2, 0) is 0 Å². The van der Waals surface area contributed by atoms with Gasteiger partial charge in [0.15, 0.2) is 0 Å². The number of hydrogen-bond donors (Lipinski definition) is 0. The van der Waals surface area contributed by atoms with Crippen molar-refractivity contribution in [3.8, 4) is 0 Å². The van der Waals surface area contributed by atoms with E-state index in [0.717, 1.165) is 0 Å². The second-order valence-corrected chi connectivity index (χ2v) is 0. The first-order valence-electron chi connectivity index (χ1n) is 0. The van der Waals surface area contributed by atoms with Gasteiger partial charge in [0.2, 0.25) is 0 Å². The number of rotatable bonds is 0. The zero-order valence-corrected chi connectivity index (χ0v) is 164. The van der Waals surface area contributed by atoms with Crippen LogP contribution in [0.25, 0.3) is 0 Å². The van der Waals surface area contributed by atoms with Gasteiger partial charge in [0.05, 0.1) is 0 Å². The Kier molecular flexibility index (Phi) is 9950. The van der Waals surface area contributed by atoms with Crippen LogP contribution < -0.4 is 0 Å². The monoisotopic (exact) mass is 2410 g/mol. The van der Waals surface area contributed by atoms with Gasteiger partial charge in [-0.05, 0) is 0 Å². The fourth-order valence-electron chi connectivity index (χ4n) is 0. The van der Waals surface area contributed by atoms with E-state index in [9.17, 15) is 0 Å². The van der Waals surface area contributed by atoms with E-state index in [-0.39, 0.29) is 1760 Å². The molecule has 88 heteroatoms. The summed E-state index contributed by atoms with van der Waals surface area (Å²) < 4.78 is 0. The van der Waals surface area contributed by atoms with Gasteiger partial charge in [-0.1, -0.05) is 0 Å². The Morgan fingerprint density at radius 2 is 0.0227 bits per heavy atom. The van der Waals surface area contributed by atoms with Crippen LogP contribution >= 0.6 is 310 Å². The predicted molar refractivity (Wildman–Crippen MR) is 544 cm³/mol. The minimum atomic E-state index is 0. The van der Waals surface area contributed by atoms with Gasteiger partial charge in [0.25, 0.3) is 0 Å². The van der Waals surface area contributed by atoms with E-state index in [0.29, 0.717) is 0 Å². The third kappa shape index (κ3) is 907. The topological polar surface area (TPSA) is 0 Å². The summed E-state index contributed by atoms with van der Waals surface area (Å²) in [6, 6.07) is 0. The molecule has 0 saturated heterocycles.